The monoisotopic (exact) mass is 855 g/mol. The minimum absolute atomic E-state index is 0.0725. The van der Waals surface area contributed by atoms with Crippen molar-refractivity contribution in [1.29, 1.82) is 0 Å². The molecule has 63 heavy (non-hydrogen) atoms. The number of benzene rings is 2. The van der Waals surface area contributed by atoms with Gasteiger partial charge in [-0.2, -0.15) is 0 Å². The van der Waals surface area contributed by atoms with Gasteiger partial charge in [0.1, 0.15) is 17.9 Å². The second-order valence-electron chi connectivity index (χ2n) is 18.6. The number of hydrogen-bond acceptors (Lipinski definition) is 11. The quantitative estimate of drug-likeness (QED) is 0.165. The summed E-state index contributed by atoms with van der Waals surface area (Å²) in [6.45, 7) is 21.0. The number of carbonyl (C=O) groups is 5. The van der Waals surface area contributed by atoms with Crippen LogP contribution in [-0.2, 0) is 9.59 Å². The van der Waals surface area contributed by atoms with E-state index in [9.17, 15) is 24.0 Å². The van der Waals surface area contributed by atoms with Crippen LogP contribution in [0.4, 0.5) is 21.6 Å². The molecular formula is C47H50FN9O6. The van der Waals surface area contributed by atoms with Gasteiger partial charge in [0.15, 0.2) is 11.6 Å². The summed E-state index contributed by atoms with van der Waals surface area (Å²) in [7, 11) is 0. The number of nitrogens with one attached hydrogen (secondary N) is 2. The Kier molecular flexibility index (Phi) is 10.6. The number of piperazine rings is 1. The van der Waals surface area contributed by atoms with E-state index >= 15 is 4.39 Å². The number of ether oxygens (including phenoxy) is 1. The van der Waals surface area contributed by atoms with Crippen molar-refractivity contribution in [1.82, 2.24) is 30.4 Å². The summed E-state index contributed by atoms with van der Waals surface area (Å²) in [4.78, 5) is 84.2. The molecule has 1 aliphatic carbocycles. The van der Waals surface area contributed by atoms with E-state index in [0.29, 0.717) is 36.0 Å². The van der Waals surface area contributed by atoms with Crippen molar-refractivity contribution in [3.8, 4) is 5.75 Å². The van der Waals surface area contributed by atoms with Gasteiger partial charge in [-0.25, -0.2) is 14.2 Å². The zero-order chi connectivity index (χ0) is 44.4. The highest BCUT2D eigenvalue weighted by Crippen LogP contribution is 2.56. The van der Waals surface area contributed by atoms with Crippen LogP contribution < -0.4 is 25.2 Å². The van der Waals surface area contributed by atoms with Crippen molar-refractivity contribution in [3.05, 3.63) is 94.8 Å². The summed E-state index contributed by atoms with van der Waals surface area (Å²) < 4.78 is 22.3. The fourth-order valence-electron chi connectivity index (χ4n) is 10.8. The molecule has 5 aliphatic rings. The molecule has 2 aromatic carbocycles. The molecule has 2 N–H and O–H groups in total. The largest absolute Gasteiger partial charge is 0.489 e. The number of aromatic nitrogens is 2. The van der Waals surface area contributed by atoms with Gasteiger partial charge in [-0.15, -0.1) is 0 Å². The van der Waals surface area contributed by atoms with Gasteiger partial charge in [0.2, 0.25) is 17.5 Å². The highest BCUT2D eigenvalue weighted by atomic mass is 19.1. The van der Waals surface area contributed by atoms with Gasteiger partial charge in [0.05, 0.1) is 28.8 Å². The third kappa shape index (κ3) is 7.41. The number of amides is 5. The molecule has 0 bridgehead atoms. The summed E-state index contributed by atoms with van der Waals surface area (Å²) in [6.07, 6.45) is 4.77. The first-order chi connectivity index (χ1) is 30.1. The van der Waals surface area contributed by atoms with Crippen LogP contribution in [0.15, 0.2) is 60.9 Å². The van der Waals surface area contributed by atoms with Crippen molar-refractivity contribution in [2.45, 2.75) is 71.6 Å². The van der Waals surface area contributed by atoms with Gasteiger partial charge in [-0.05, 0) is 67.6 Å². The first-order valence-corrected chi connectivity index (χ1v) is 21.6. The Balaban J connectivity index is 0.754. The van der Waals surface area contributed by atoms with E-state index in [0.717, 1.165) is 61.5 Å². The van der Waals surface area contributed by atoms with Gasteiger partial charge >= 0.3 is 0 Å². The molecule has 15 nitrogen and oxygen atoms in total. The number of pyridine rings is 2. The maximum Gasteiger partial charge on any atom is 0.262 e. The number of nitrogens with zero attached hydrogens (tertiary/aromatic N) is 7. The molecule has 4 aromatic rings. The molecule has 4 aliphatic heterocycles. The molecule has 16 heteroatoms. The van der Waals surface area contributed by atoms with Crippen LogP contribution in [0.25, 0.3) is 15.7 Å². The molecule has 5 amide bonds. The van der Waals surface area contributed by atoms with E-state index < -0.39 is 52.2 Å². The van der Waals surface area contributed by atoms with Crippen molar-refractivity contribution in [3.63, 3.8) is 0 Å². The number of rotatable bonds is 9. The Hall–Kier alpha value is -6.47. The summed E-state index contributed by atoms with van der Waals surface area (Å²) in [5, 5.41) is 6.13. The lowest BCUT2D eigenvalue weighted by Gasteiger charge is -2.63. The molecule has 1 unspecified atom stereocenters. The molecule has 1 atom stereocenters. The molecule has 2 aromatic heterocycles. The van der Waals surface area contributed by atoms with Gasteiger partial charge in [-0.1, -0.05) is 33.8 Å². The highest BCUT2D eigenvalue weighted by Gasteiger charge is 2.64. The standard InChI is InChI=1S/C47H50FN9O6/c1-46(2)44(47(3,4)45(46)63-36-12-10-34(49-5)38-31(36)7-6-16-50-38)53-40(59)28-23-33(48)39(51-25-28)56-17-14-27(15-18-56)26-54-19-21-55(22-20-54)29-8-9-30-32(24-29)43(62)57(42(30)61)35-11-13-37(58)52-41(35)60/h6-10,12,16,23-25,27,35,44-45H,11,13-15,17-22,26H2,1-4H3,(H,53,59)(H,52,58,60). The Morgan fingerprint density at radius 2 is 1.63 bits per heavy atom. The topological polar surface area (TPSA) is 162 Å². The van der Waals surface area contributed by atoms with Crippen LogP contribution in [0.1, 0.15) is 84.5 Å². The predicted molar refractivity (Wildman–Crippen MR) is 232 cm³/mol. The smallest absolute Gasteiger partial charge is 0.262 e. The number of piperidine rings is 2. The molecule has 9 rings (SSSR count). The third-order valence-electron chi connectivity index (χ3n) is 13.9. The Morgan fingerprint density at radius 3 is 2.33 bits per heavy atom. The van der Waals surface area contributed by atoms with Gasteiger partial charge in [0, 0.05) is 92.6 Å². The van der Waals surface area contributed by atoms with Crippen molar-refractivity contribution in [2.24, 2.45) is 16.7 Å². The van der Waals surface area contributed by atoms with E-state index in [4.69, 9.17) is 11.3 Å². The van der Waals surface area contributed by atoms with Crippen LogP contribution in [0, 0.1) is 29.1 Å². The lowest BCUT2D eigenvalue weighted by atomic mass is 9.49. The zero-order valence-corrected chi connectivity index (χ0v) is 35.8. The summed E-state index contributed by atoms with van der Waals surface area (Å²) in [5.41, 5.74) is 1.62. The fraction of sp³-hybridized carbons (Fsp3) is 0.447. The second kappa shape index (κ2) is 16.0. The third-order valence-corrected chi connectivity index (χ3v) is 13.9. The van der Waals surface area contributed by atoms with Gasteiger partial charge < -0.3 is 19.9 Å². The fourth-order valence-corrected chi connectivity index (χ4v) is 10.8. The van der Waals surface area contributed by atoms with Gasteiger partial charge in [0.25, 0.3) is 17.7 Å². The highest BCUT2D eigenvalue weighted by molar-refractivity contribution is 6.23. The Morgan fingerprint density at radius 1 is 0.905 bits per heavy atom. The van der Waals surface area contributed by atoms with Gasteiger partial charge in [-0.3, -0.25) is 44.1 Å². The number of hydrogen-bond donors (Lipinski definition) is 2. The Labute approximate surface area is 364 Å². The number of imide groups is 2. The van der Waals surface area contributed by atoms with E-state index in [1.165, 1.54) is 12.3 Å². The first-order valence-electron chi connectivity index (χ1n) is 21.6. The summed E-state index contributed by atoms with van der Waals surface area (Å²) in [6, 6.07) is 12.5. The molecule has 326 valence electrons. The van der Waals surface area contributed by atoms with Crippen LogP contribution in [-0.4, -0.2) is 113 Å². The molecule has 3 saturated heterocycles. The number of halogens is 1. The second-order valence-corrected chi connectivity index (χ2v) is 18.6. The van der Waals surface area contributed by atoms with Crippen molar-refractivity contribution >= 4 is 57.6 Å². The van der Waals surface area contributed by atoms with Crippen LogP contribution in [0.3, 0.4) is 0 Å². The van der Waals surface area contributed by atoms with E-state index in [1.54, 1.807) is 30.5 Å². The number of carbonyl (C=O) groups excluding carboxylic acids is 5. The molecule has 4 fully saturated rings. The van der Waals surface area contributed by atoms with Crippen molar-refractivity contribution in [2.75, 3.05) is 55.6 Å². The minimum atomic E-state index is -0.998. The maximum atomic E-state index is 15.7. The summed E-state index contributed by atoms with van der Waals surface area (Å²) in [5.74, 6) is -1.69. The number of anilines is 2. The van der Waals surface area contributed by atoms with E-state index in [2.05, 4.69) is 35.2 Å². The first kappa shape index (κ1) is 41.9. The lowest BCUT2D eigenvalue weighted by Crippen LogP contribution is -2.74. The molecule has 1 saturated carbocycles. The van der Waals surface area contributed by atoms with Crippen LogP contribution in [0.2, 0.25) is 0 Å². The average molecular weight is 856 g/mol. The van der Waals surface area contributed by atoms with Crippen molar-refractivity contribution < 1.29 is 33.1 Å². The molecule has 6 heterocycles. The van der Waals surface area contributed by atoms with Crippen LogP contribution >= 0.6 is 0 Å². The van der Waals surface area contributed by atoms with E-state index in [1.807, 2.05) is 50.8 Å². The molecule has 0 radical (unpaired) electrons. The Bertz CT molecular complexity index is 2580. The average Bonchev–Trinajstić information content (AvgIpc) is 3.52. The normalized spacial score (nSPS) is 23.6. The number of fused-ring (bicyclic) bond motifs is 2. The van der Waals surface area contributed by atoms with Crippen LogP contribution in [0.5, 0.6) is 5.75 Å². The predicted octanol–water partition coefficient (Wildman–Crippen LogP) is 5.37. The zero-order valence-electron chi connectivity index (χ0n) is 35.8. The van der Waals surface area contributed by atoms with E-state index in [-0.39, 0.29) is 47.5 Å². The summed E-state index contributed by atoms with van der Waals surface area (Å²) >= 11 is 0. The molecular weight excluding hydrogens is 806 g/mol. The molecule has 0 spiro atoms. The maximum absolute atomic E-state index is 15.7. The SMILES string of the molecule is [C-]#[N+]c1ccc(OC2C(C)(C)C(NC(=O)c3cnc(N4CCC(CN5CCN(c6ccc7c(c6)C(=O)N(C6CCC(=O)NC6=O)C7=O)CC5)CC4)c(F)c3)C2(C)C)c2cccnc12. The minimum Gasteiger partial charge on any atom is -0.489 e. The lowest BCUT2D eigenvalue weighted by molar-refractivity contribution is -0.163.